The highest BCUT2D eigenvalue weighted by Gasteiger charge is 2.48. The van der Waals surface area contributed by atoms with Crippen LogP contribution in [0.3, 0.4) is 0 Å². The van der Waals surface area contributed by atoms with Crippen molar-refractivity contribution in [2.24, 2.45) is 16.3 Å². The lowest BCUT2D eigenvalue weighted by Crippen LogP contribution is -2.50. The van der Waals surface area contributed by atoms with Crippen molar-refractivity contribution in [1.29, 1.82) is 0 Å². The smallest absolute Gasteiger partial charge is 0.191 e. The molecule has 2 saturated carbocycles. The summed E-state index contributed by atoms with van der Waals surface area (Å²) in [6.07, 6.45) is 6.92. The van der Waals surface area contributed by atoms with Crippen molar-refractivity contribution in [1.82, 2.24) is 15.5 Å². The molecule has 0 radical (unpaired) electrons. The van der Waals surface area contributed by atoms with Gasteiger partial charge >= 0.3 is 0 Å². The van der Waals surface area contributed by atoms with Crippen LogP contribution in [0.15, 0.2) is 23.2 Å². The summed E-state index contributed by atoms with van der Waals surface area (Å²) in [5.41, 5.74) is 1.72. The maximum absolute atomic E-state index is 5.59. The van der Waals surface area contributed by atoms with E-state index < -0.39 is 0 Å². The molecular formula is C24H38N4O3. The van der Waals surface area contributed by atoms with E-state index in [1.54, 1.807) is 14.2 Å². The molecule has 0 aromatic heterocycles. The molecule has 1 unspecified atom stereocenters. The number of rotatable bonds is 9. The molecule has 0 bridgehead atoms. The highest BCUT2D eigenvalue weighted by molar-refractivity contribution is 5.79. The van der Waals surface area contributed by atoms with E-state index in [0.717, 1.165) is 62.8 Å². The van der Waals surface area contributed by atoms with Crippen molar-refractivity contribution in [3.63, 3.8) is 0 Å². The van der Waals surface area contributed by atoms with Gasteiger partial charge in [0.25, 0.3) is 0 Å². The Morgan fingerprint density at radius 1 is 1.16 bits per heavy atom. The predicted octanol–water partition coefficient (Wildman–Crippen LogP) is 2.82. The number of morpholine rings is 1. The van der Waals surface area contributed by atoms with Gasteiger partial charge < -0.3 is 24.8 Å². The first kappa shape index (κ1) is 22.2. The molecule has 4 rings (SSSR count). The van der Waals surface area contributed by atoms with Gasteiger partial charge in [-0.05, 0) is 54.7 Å². The normalized spacial score (nSPS) is 22.4. The third kappa shape index (κ3) is 5.09. The van der Waals surface area contributed by atoms with Crippen LogP contribution in [-0.4, -0.2) is 71.5 Å². The minimum Gasteiger partial charge on any atom is -0.493 e. The van der Waals surface area contributed by atoms with Gasteiger partial charge in [-0.15, -0.1) is 0 Å². The molecule has 2 N–H and O–H groups in total. The number of benzene rings is 1. The topological polar surface area (TPSA) is 67.4 Å². The van der Waals surface area contributed by atoms with Crippen molar-refractivity contribution >= 4 is 5.96 Å². The average Bonchev–Trinajstić information content (AvgIpc) is 3.63. The minimum atomic E-state index is 0.198. The predicted molar refractivity (Wildman–Crippen MR) is 123 cm³/mol. The van der Waals surface area contributed by atoms with Crippen LogP contribution in [0.1, 0.15) is 43.7 Å². The molecule has 0 spiro atoms. The summed E-state index contributed by atoms with van der Waals surface area (Å²) < 4.78 is 16.6. The molecule has 1 aromatic carbocycles. The van der Waals surface area contributed by atoms with E-state index in [9.17, 15) is 0 Å². The van der Waals surface area contributed by atoms with Crippen LogP contribution in [-0.2, 0) is 4.74 Å². The molecule has 3 fully saturated rings. The first-order valence-electron chi connectivity index (χ1n) is 11.7. The zero-order chi connectivity index (χ0) is 21.7. The summed E-state index contributed by atoms with van der Waals surface area (Å²) in [5, 5.41) is 7.23. The number of guanidine groups is 1. The molecule has 31 heavy (non-hydrogen) atoms. The number of nitrogens with one attached hydrogen (secondary N) is 2. The van der Waals surface area contributed by atoms with E-state index in [1.807, 2.05) is 13.1 Å². The molecule has 1 aromatic rings. The van der Waals surface area contributed by atoms with Gasteiger partial charge in [-0.1, -0.05) is 12.5 Å². The zero-order valence-electron chi connectivity index (χ0n) is 19.3. The van der Waals surface area contributed by atoms with Crippen LogP contribution in [0.4, 0.5) is 0 Å². The van der Waals surface area contributed by atoms with E-state index in [-0.39, 0.29) is 6.04 Å². The number of methoxy groups -OCH3 is 2. The highest BCUT2D eigenvalue weighted by Crippen LogP contribution is 2.56. The van der Waals surface area contributed by atoms with Crippen LogP contribution in [0.5, 0.6) is 11.5 Å². The van der Waals surface area contributed by atoms with Crippen LogP contribution in [0.25, 0.3) is 0 Å². The molecule has 7 heteroatoms. The van der Waals surface area contributed by atoms with Crippen LogP contribution in [0, 0.1) is 11.3 Å². The summed E-state index contributed by atoms with van der Waals surface area (Å²) in [6.45, 7) is 5.16. The van der Waals surface area contributed by atoms with Gasteiger partial charge in [-0.25, -0.2) is 0 Å². The third-order valence-electron chi connectivity index (χ3n) is 7.37. The highest BCUT2D eigenvalue weighted by atomic mass is 16.5. The number of hydrogen-bond donors (Lipinski definition) is 2. The average molecular weight is 431 g/mol. The van der Waals surface area contributed by atoms with Gasteiger partial charge in [-0.3, -0.25) is 9.89 Å². The molecule has 7 nitrogen and oxygen atoms in total. The fraction of sp³-hybridized carbons (Fsp3) is 0.708. The summed E-state index contributed by atoms with van der Waals surface area (Å²) in [5.74, 6) is 3.34. The lowest BCUT2D eigenvalue weighted by Gasteiger charge is -2.43. The van der Waals surface area contributed by atoms with E-state index in [2.05, 4.69) is 32.7 Å². The van der Waals surface area contributed by atoms with Crippen LogP contribution < -0.4 is 20.1 Å². The molecule has 1 atom stereocenters. The van der Waals surface area contributed by atoms with Gasteiger partial charge in [-0.2, -0.15) is 0 Å². The maximum atomic E-state index is 5.59. The fourth-order valence-electron chi connectivity index (χ4n) is 5.14. The summed E-state index contributed by atoms with van der Waals surface area (Å²) >= 11 is 0. The van der Waals surface area contributed by atoms with Crippen molar-refractivity contribution in [2.45, 2.75) is 38.1 Å². The summed E-state index contributed by atoms with van der Waals surface area (Å²) in [7, 11) is 5.22. The van der Waals surface area contributed by atoms with Crippen LogP contribution >= 0.6 is 0 Å². The fourth-order valence-corrected chi connectivity index (χ4v) is 5.14. The monoisotopic (exact) mass is 430 g/mol. The van der Waals surface area contributed by atoms with Gasteiger partial charge in [0.1, 0.15) is 0 Å². The number of aliphatic imine (C=N–C) groups is 1. The Hall–Kier alpha value is -1.99. The molecule has 1 saturated heterocycles. The molecule has 172 valence electrons. The SMILES string of the molecule is CN=C(NCC(c1ccc(OC)c(OC)c1)N1CCOCC1)NCC1(C2CC2)CCC1. The number of nitrogens with zero attached hydrogens (tertiary/aromatic N) is 2. The van der Waals surface area contributed by atoms with Crippen LogP contribution in [0.2, 0.25) is 0 Å². The van der Waals surface area contributed by atoms with Gasteiger partial charge in [0.05, 0.1) is 33.5 Å². The third-order valence-corrected chi connectivity index (χ3v) is 7.37. The standard InChI is InChI=1S/C24H38N4O3/c1-25-23(27-17-24(9-4-10-24)19-6-7-19)26-16-20(28-11-13-31-14-12-28)18-5-8-21(29-2)22(15-18)30-3/h5,8,15,19-20H,4,6-7,9-14,16-17H2,1-3H3,(H2,25,26,27). The Kier molecular flexibility index (Phi) is 7.23. The quantitative estimate of drug-likeness (QED) is 0.464. The molecule has 2 aliphatic carbocycles. The molecule has 3 aliphatic rings. The van der Waals surface area contributed by atoms with Crippen molar-refractivity contribution < 1.29 is 14.2 Å². The first-order valence-corrected chi connectivity index (χ1v) is 11.7. The van der Waals surface area contributed by atoms with Crippen molar-refractivity contribution in [2.75, 3.05) is 60.7 Å². The first-order chi connectivity index (χ1) is 15.2. The zero-order valence-corrected chi connectivity index (χ0v) is 19.3. The van der Waals surface area contributed by atoms with Crippen molar-refractivity contribution in [3.05, 3.63) is 23.8 Å². The van der Waals surface area contributed by atoms with E-state index in [4.69, 9.17) is 14.2 Å². The largest absolute Gasteiger partial charge is 0.493 e. The van der Waals surface area contributed by atoms with E-state index in [0.29, 0.717) is 5.41 Å². The van der Waals surface area contributed by atoms with E-state index >= 15 is 0 Å². The molecular weight excluding hydrogens is 392 g/mol. The minimum absolute atomic E-state index is 0.198. The van der Waals surface area contributed by atoms with Gasteiger partial charge in [0.15, 0.2) is 17.5 Å². The Bertz CT molecular complexity index is 755. The lowest BCUT2D eigenvalue weighted by atomic mass is 9.65. The Morgan fingerprint density at radius 2 is 1.90 bits per heavy atom. The summed E-state index contributed by atoms with van der Waals surface area (Å²) in [6, 6.07) is 6.41. The van der Waals surface area contributed by atoms with E-state index in [1.165, 1.54) is 37.7 Å². The Labute approximate surface area is 186 Å². The molecule has 0 amide bonds. The lowest BCUT2D eigenvalue weighted by molar-refractivity contribution is 0.0169. The second kappa shape index (κ2) is 10.1. The molecule has 1 heterocycles. The second-order valence-electron chi connectivity index (χ2n) is 9.08. The Morgan fingerprint density at radius 3 is 2.48 bits per heavy atom. The number of hydrogen-bond acceptors (Lipinski definition) is 5. The Balaban J connectivity index is 1.43. The summed E-state index contributed by atoms with van der Waals surface area (Å²) in [4.78, 5) is 6.98. The van der Waals surface area contributed by atoms with Gasteiger partial charge in [0.2, 0.25) is 0 Å². The molecule has 1 aliphatic heterocycles. The van der Waals surface area contributed by atoms with Gasteiger partial charge in [0, 0.05) is 33.2 Å². The second-order valence-corrected chi connectivity index (χ2v) is 9.08. The maximum Gasteiger partial charge on any atom is 0.191 e. The number of ether oxygens (including phenoxy) is 3. The van der Waals surface area contributed by atoms with Crippen molar-refractivity contribution in [3.8, 4) is 11.5 Å².